The molecule has 8 atom stereocenters. The van der Waals surface area contributed by atoms with Crippen LogP contribution in [-0.2, 0) is 32.3 Å². The van der Waals surface area contributed by atoms with Gasteiger partial charge in [-0.1, -0.05) is 297 Å². The summed E-state index contributed by atoms with van der Waals surface area (Å²) in [6.45, 7) is 11.0. The van der Waals surface area contributed by atoms with Crippen LogP contribution in [0.4, 0.5) is 0 Å². The Morgan fingerprint density at radius 2 is 0.430 bits per heavy atom. The number of amides is 4. The summed E-state index contributed by atoms with van der Waals surface area (Å²) in [7, 11) is 0. The largest absolute Gasteiger partial charge is 0.275 e. The molecule has 4 heterocycles. The molecule has 0 spiro atoms. The zero-order valence-corrected chi connectivity index (χ0v) is 64.1. The molecule has 3 aromatic rings. The highest BCUT2D eigenvalue weighted by Gasteiger charge is 2.40. The van der Waals surface area contributed by atoms with Gasteiger partial charge in [0.2, 0.25) is 0 Å². The summed E-state index contributed by atoms with van der Waals surface area (Å²) in [6, 6.07) is 3.09. The van der Waals surface area contributed by atoms with Crippen LogP contribution in [0.3, 0.4) is 0 Å². The van der Waals surface area contributed by atoms with E-state index in [0.717, 1.165) is 137 Å². The molecule has 1 aromatic carbocycles. The van der Waals surface area contributed by atoms with Crippen LogP contribution in [0.2, 0.25) is 0 Å². The highest BCUT2D eigenvalue weighted by Crippen LogP contribution is 2.50. The number of aromatic nitrogens is 2. The Balaban J connectivity index is 0.868. The summed E-state index contributed by atoms with van der Waals surface area (Å²) in [5.74, 6) is 5.84. The predicted molar refractivity (Wildman–Crippen MR) is 417 cm³/mol. The van der Waals surface area contributed by atoms with E-state index in [9.17, 15) is 38.4 Å². The number of carbonyl (C=O) groups excluding carboxylic acids is 4. The zero-order chi connectivity index (χ0) is 71.1. The monoisotopic (exact) mass is 1380 g/mol. The van der Waals surface area contributed by atoms with E-state index in [1.54, 1.807) is 12.1 Å². The molecule has 100 heavy (non-hydrogen) atoms. The van der Waals surface area contributed by atoms with Gasteiger partial charge in [0.1, 0.15) is 0 Å². The molecular weight excluding hydrogens is 1240 g/mol. The quantitative estimate of drug-likeness (QED) is 0.0400. The predicted octanol–water partition coefficient (Wildman–Crippen LogP) is 21.9. The van der Waals surface area contributed by atoms with Gasteiger partial charge >= 0.3 is 0 Å². The molecule has 12 heteroatoms. The van der Waals surface area contributed by atoms with Crippen molar-refractivity contribution in [3.05, 3.63) is 77.9 Å². The van der Waals surface area contributed by atoms with Gasteiger partial charge in [-0.05, 0) is 137 Å². The van der Waals surface area contributed by atoms with Crippen LogP contribution in [0.15, 0.2) is 55.6 Å². The number of fused-ring (bicyclic) bond motifs is 2. The minimum atomic E-state index is -0.347. The first-order valence-corrected chi connectivity index (χ1v) is 42.9. The topological polar surface area (TPSA) is 153 Å². The normalized spacial score (nSPS) is 21.1. The molecule has 2 saturated carbocycles. The molecule has 0 N–H and O–H groups in total. The Kier molecular flexibility index (Phi) is 39.3. The third-order valence-corrected chi connectivity index (χ3v) is 25.1. The Hall–Kier alpha value is -4.74. The van der Waals surface area contributed by atoms with Crippen molar-refractivity contribution in [3.63, 3.8) is 0 Å². The van der Waals surface area contributed by atoms with Gasteiger partial charge in [0.05, 0.1) is 21.5 Å². The minimum absolute atomic E-state index is 0.173. The Morgan fingerprint density at radius 1 is 0.240 bits per heavy atom. The number of benzene rings is 1. The Bertz CT molecular complexity index is 3010. The first-order chi connectivity index (χ1) is 48.9. The molecule has 0 radical (unpaired) electrons. The van der Waals surface area contributed by atoms with Crippen molar-refractivity contribution < 1.29 is 19.2 Å². The van der Waals surface area contributed by atoms with Gasteiger partial charge in [-0.15, -0.1) is 0 Å². The first kappa shape index (κ1) is 82.5. The standard InChI is InChI=1S/C88H142N4O8/c1-5-9-13-17-27-39-51-73-69(47-35-15-11-7-3)56-58-72(75(73)53-41-29-20-22-32-44-64-90-83(95)61-62-84(90)96)50-38-26-23-33-45-65-91-85(97)77-67-79-80(68-78(77)86(91)98)88(100)92(87(79)99)66-46-34-24-30-42-54-76-71(49-37-25-19-21-31-43-63-89-81(93)59-60-82(89)94)57-55-70(48-36-16-12-8-4)74(76)52-40-28-18-14-10-6-2/h59-62,67-76H,5-58,63-66H2,1-4H3. The fraction of sp³-hybridized carbons (Fsp3) is 0.795. The molecule has 7 rings (SSSR count). The van der Waals surface area contributed by atoms with Gasteiger partial charge in [-0.2, -0.15) is 0 Å². The highest BCUT2D eigenvalue weighted by atomic mass is 16.2. The summed E-state index contributed by atoms with van der Waals surface area (Å²) in [5, 5.41) is 1.02. The van der Waals surface area contributed by atoms with E-state index < -0.39 is 0 Å². The third kappa shape index (κ3) is 26.4. The fourth-order valence-corrected chi connectivity index (χ4v) is 19.2. The second-order valence-corrected chi connectivity index (χ2v) is 32.4. The fourth-order valence-electron chi connectivity index (χ4n) is 19.2. The molecule has 562 valence electrons. The zero-order valence-electron chi connectivity index (χ0n) is 64.1. The number of nitrogens with zero attached hydrogens (tertiary/aromatic N) is 4. The van der Waals surface area contributed by atoms with Gasteiger partial charge in [-0.25, -0.2) is 0 Å². The lowest BCUT2D eigenvalue weighted by molar-refractivity contribution is -0.138. The van der Waals surface area contributed by atoms with Crippen molar-refractivity contribution in [2.45, 2.75) is 388 Å². The average Bonchev–Trinajstić information content (AvgIpc) is 1.59. The third-order valence-electron chi connectivity index (χ3n) is 25.1. The van der Waals surface area contributed by atoms with E-state index >= 15 is 0 Å². The highest BCUT2D eigenvalue weighted by molar-refractivity contribution is 6.13. The maximum Gasteiger partial charge on any atom is 0.261 e. The van der Waals surface area contributed by atoms with E-state index in [4.69, 9.17) is 0 Å². The maximum atomic E-state index is 14.0. The van der Waals surface area contributed by atoms with Crippen LogP contribution in [0, 0.1) is 47.3 Å². The number of carbonyl (C=O) groups is 4. The average molecular weight is 1380 g/mol. The SMILES string of the molecule is CCCCCCCCC1C(CCCCCC)CCC(CCCCCCCn2c(=O)c3cc4c(=O)n(CCCCCCCC5C(CCCCCCCCN6C(=O)C=CC6=O)CCC(CCCCCC)C5CCCCCCCC)c(=O)c4cc3c2=O)C1CCCCCCCCN1C(=O)C=CC1=O. The van der Waals surface area contributed by atoms with Crippen LogP contribution < -0.4 is 22.2 Å². The summed E-state index contributed by atoms with van der Waals surface area (Å²) in [4.78, 5) is 107. The van der Waals surface area contributed by atoms with Crippen molar-refractivity contribution in [2.24, 2.45) is 47.3 Å². The number of imide groups is 2. The van der Waals surface area contributed by atoms with Crippen molar-refractivity contribution in [2.75, 3.05) is 13.1 Å². The summed E-state index contributed by atoms with van der Waals surface area (Å²) in [5.41, 5.74) is -1.39. The number of unbranched alkanes of at least 4 members (excludes halogenated alkanes) is 34. The Morgan fingerprint density at radius 3 is 0.670 bits per heavy atom. The maximum absolute atomic E-state index is 14.0. The van der Waals surface area contributed by atoms with Crippen LogP contribution in [0.1, 0.15) is 374 Å². The van der Waals surface area contributed by atoms with Crippen molar-refractivity contribution >= 4 is 45.2 Å². The summed E-state index contributed by atoms with van der Waals surface area (Å²) >= 11 is 0. The Labute approximate surface area is 606 Å². The van der Waals surface area contributed by atoms with Crippen LogP contribution >= 0.6 is 0 Å². The van der Waals surface area contributed by atoms with E-state index in [-0.39, 0.29) is 67.4 Å². The summed E-state index contributed by atoms with van der Waals surface area (Å²) in [6.07, 6.45) is 72.8. The van der Waals surface area contributed by atoms with Gasteiger partial charge < -0.3 is 0 Å². The molecule has 0 saturated heterocycles. The summed E-state index contributed by atoms with van der Waals surface area (Å²) < 4.78 is 2.71. The lowest BCUT2D eigenvalue weighted by atomic mass is 9.61. The molecule has 2 aliphatic carbocycles. The van der Waals surface area contributed by atoms with E-state index in [2.05, 4.69) is 27.7 Å². The minimum Gasteiger partial charge on any atom is -0.275 e. The second kappa shape index (κ2) is 47.6. The second-order valence-electron chi connectivity index (χ2n) is 32.4. The van der Waals surface area contributed by atoms with E-state index in [1.807, 2.05) is 0 Å². The van der Waals surface area contributed by atoms with Crippen LogP contribution in [0.25, 0.3) is 21.5 Å². The van der Waals surface area contributed by atoms with E-state index in [1.165, 1.54) is 300 Å². The smallest absolute Gasteiger partial charge is 0.261 e. The van der Waals surface area contributed by atoms with E-state index in [0.29, 0.717) is 26.2 Å². The molecule has 2 aliphatic heterocycles. The molecule has 4 aliphatic rings. The van der Waals surface area contributed by atoms with Gasteiger partial charge in [0.25, 0.3) is 45.9 Å². The van der Waals surface area contributed by atoms with Crippen LogP contribution in [0.5, 0.6) is 0 Å². The van der Waals surface area contributed by atoms with Crippen molar-refractivity contribution in [1.82, 2.24) is 18.9 Å². The molecule has 8 unspecified atom stereocenters. The van der Waals surface area contributed by atoms with Crippen molar-refractivity contribution in [3.8, 4) is 0 Å². The lowest BCUT2D eigenvalue weighted by Crippen LogP contribution is -2.35. The first-order valence-electron chi connectivity index (χ1n) is 42.9. The molecule has 4 amide bonds. The number of rotatable bonds is 58. The molecule has 2 fully saturated rings. The molecule has 0 bridgehead atoms. The molecular formula is C88H142N4O8. The lowest BCUT2D eigenvalue weighted by Gasteiger charge is -2.44. The molecule has 2 aromatic heterocycles. The van der Waals surface area contributed by atoms with Crippen LogP contribution in [-0.4, -0.2) is 55.7 Å². The van der Waals surface area contributed by atoms with Gasteiger partial charge in [-0.3, -0.25) is 57.3 Å². The van der Waals surface area contributed by atoms with Gasteiger partial charge in [0.15, 0.2) is 0 Å². The van der Waals surface area contributed by atoms with Gasteiger partial charge in [0, 0.05) is 50.5 Å². The molecule has 12 nitrogen and oxygen atoms in total. The number of hydrogen-bond donors (Lipinski definition) is 0. The van der Waals surface area contributed by atoms with Crippen molar-refractivity contribution in [1.29, 1.82) is 0 Å². The number of hydrogen-bond acceptors (Lipinski definition) is 8.